The fourth-order valence-corrected chi connectivity index (χ4v) is 0.520. The monoisotopic (exact) mass is 147 g/mol. The summed E-state index contributed by atoms with van der Waals surface area (Å²) in [5, 5.41) is 7.26. The van der Waals surface area contributed by atoms with E-state index in [1.807, 2.05) is 0 Å². The second-order valence-corrected chi connectivity index (χ2v) is 1.98. The summed E-state index contributed by atoms with van der Waals surface area (Å²) in [5.41, 5.74) is 0. The van der Waals surface area contributed by atoms with Crippen molar-refractivity contribution < 1.29 is 0 Å². The van der Waals surface area contributed by atoms with Gasteiger partial charge in [0.05, 0.1) is 0 Å². The fourth-order valence-electron chi connectivity index (χ4n) is 0.265. The molecule has 0 N–H and O–H groups in total. The van der Waals surface area contributed by atoms with Crippen LogP contribution >= 0.6 is 0 Å². The Morgan fingerprint density at radius 2 is 2.67 bits per heavy atom. The summed E-state index contributed by atoms with van der Waals surface area (Å²) in [5.74, 6) is 0. The van der Waals surface area contributed by atoms with Gasteiger partial charge in [-0.3, -0.25) is 0 Å². The van der Waals surface area contributed by atoms with Crippen LogP contribution in [0.15, 0.2) is 10.2 Å². The first-order chi connectivity index (χ1) is 2.89. The second kappa shape index (κ2) is 1.54. The van der Waals surface area contributed by atoms with Crippen LogP contribution in [0.3, 0.4) is 0 Å². The molecule has 0 atom stereocenters. The molecule has 0 fully saturated rings. The summed E-state index contributed by atoms with van der Waals surface area (Å²) in [6.45, 7) is 0. The average molecular weight is 146 g/mol. The molecule has 1 aliphatic heterocycles. The summed E-state index contributed by atoms with van der Waals surface area (Å²) < 4.78 is 0.981. The average Bonchev–Trinajstić information content (AvgIpc) is 1.86. The normalized spacial score (nSPS) is 18.3. The molecule has 0 saturated carbocycles. The van der Waals surface area contributed by atoms with E-state index < -0.39 is 0 Å². The number of hydrogen-bond acceptors (Lipinski definition) is 2. The van der Waals surface area contributed by atoms with Crippen molar-refractivity contribution in [3.8, 4) is 0 Å². The first kappa shape index (κ1) is 4.03. The van der Waals surface area contributed by atoms with Gasteiger partial charge in [-0.1, -0.05) is 0 Å². The van der Waals surface area contributed by atoms with Crippen molar-refractivity contribution >= 4 is 26.8 Å². The van der Waals surface area contributed by atoms with Gasteiger partial charge in [0, 0.05) is 0 Å². The van der Waals surface area contributed by atoms with Gasteiger partial charge >= 0.3 is 43.5 Å². The van der Waals surface area contributed by atoms with Crippen molar-refractivity contribution in [2.75, 3.05) is 0 Å². The van der Waals surface area contributed by atoms with E-state index in [4.69, 9.17) is 0 Å². The molecule has 1 rings (SSSR count). The van der Waals surface area contributed by atoms with Gasteiger partial charge in [-0.2, -0.15) is 0 Å². The van der Waals surface area contributed by atoms with Gasteiger partial charge in [0.1, 0.15) is 0 Å². The van der Waals surface area contributed by atoms with Crippen molar-refractivity contribution in [2.24, 2.45) is 10.2 Å². The molecular weight excluding hydrogens is 143 g/mol. The van der Waals surface area contributed by atoms with Crippen LogP contribution in [0.25, 0.3) is 0 Å². The predicted octanol–water partition coefficient (Wildman–Crippen LogP) is -0.0571. The van der Waals surface area contributed by atoms with Crippen LogP contribution in [0.5, 0.6) is 0 Å². The molecule has 0 aliphatic carbocycles. The maximum absolute atomic E-state index is 3.67. The molecule has 1 radical (unpaired) electrons. The van der Waals surface area contributed by atoms with E-state index in [2.05, 4.69) is 26.2 Å². The van der Waals surface area contributed by atoms with Crippen molar-refractivity contribution in [3.05, 3.63) is 0 Å². The molecule has 0 aromatic carbocycles. The third kappa shape index (κ3) is 0.671. The first-order valence-electron chi connectivity index (χ1n) is 1.65. The van der Waals surface area contributed by atoms with Crippen LogP contribution in [0.4, 0.5) is 0 Å². The van der Waals surface area contributed by atoms with Gasteiger partial charge in [0.25, 0.3) is 0 Å². The molecule has 0 aromatic rings. The van der Waals surface area contributed by atoms with E-state index in [0.29, 0.717) is 0 Å². The number of nitrogens with zero attached hydrogens (tertiary/aromatic N) is 2. The SMILES string of the molecule is [Se]C1=NN=CC1. The van der Waals surface area contributed by atoms with Gasteiger partial charge in [0.2, 0.25) is 0 Å². The zero-order chi connectivity index (χ0) is 4.41. The van der Waals surface area contributed by atoms with E-state index in [1.54, 1.807) is 6.21 Å². The number of hydrogen-bond donors (Lipinski definition) is 0. The van der Waals surface area contributed by atoms with E-state index in [-0.39, 0.29) is 0 Å². The standard InChI is InChI=1S/C3H3N2Se/c6-3-1-2-4-5-3/h2H,1H2. The van der Waals surface area contributed by atoms with Crippen molar-refractivity contribution in [2.45, 2.75) is 6.42 Å². The molecule has 0 bridgehead atoms. The maximum atomic E-state index is 3.67. The Hall–Kier alpha value is -0.141. The molecule has 1 heterocycles. The molecule has 1 aliphatic rings. The molecule has 6 heavy (non-hydrogen) atoms. The molecule has 31 valence electrons. The molecule has 3 heteroatoms. The van der Waals surface area contributed by atoms with E-state index >= 15 is 0 Å². The van der Waals surface area contributed by atoms with Gasteiger partial charge in [-0.15, -0.1) is 0 Å². The van der Waals surface area contributed by atoms with Crippen LogP contribution in [0, 0.1) is 0 Å². The molecule has 0 spiro atoms. The summed E-state index contributed by atoms with van der Waals surface area (Å²) >= 11 is 2.76. The molecular formula is C3H3N2Se. The third-order valence-corrected chi connectivity index (χ3v) is 1.04. The summed E-state index contributed by atoms with van der Waals surface area (Å²) in [6, 6.07) is 0. The molecule has 0 amide bonds. The van der Waals surface area contributed by atoms with E-state index in [1.165, 1.54) is 0 Å². The van der Waals surface area contributed by atoms with Crippen LogP contribution < -0.4 is 0 Å². The van der Waals surface area contributed by atoms with E-state index in [0.717, 1.165) is 11.0 Å². The van der Waals surface area contributed by atoms with Gasteiger partial charge in [-0.25, -0.2) is 0 Å². The van der Waals surface area contributed by atoms with Gasteiger partial charge in [0.15, 0.2) is 0 Å². The zero-order valence-electron chi connectivity index (χ0n) is 3.09. The van der Waals surface area contributed by atoms with Gasteiger partial charge < -0.3 is 0 Å². The predicted molar refractivity (Wildman–Crippen MR) is 26.3 cm³/mol. The second-order valence-electron chi connectivity index (χ2n) is 0.996. The molecule has 0 unspecified atom stereocenters. The molecule has 0 saturated heterocycles. The molecule has 0 aromatic heterocycles. The van der Waals surface area contributed by atoms with Crippen molar-refractivity contribution in [1.82, 2.24) is 0 Å². The Bertz CT molecular complexity index is 105. The van der Waals surface area contributed by atoms with Crippen LogP contribution in [-0.2, 0) is 0 Å². The van der Waals surface area contributed by atoms with Crippen LogP contribution in [-0.4, -0.2) is 26.8 Å². The van der Waals surface area contributed by atoms with E-state index in [9.17, 15) is 0 Å². The van der Waals surface area contributed by atoms with Crippen molar-refractivity contribution in [1.29, 1.82) is 0 Å². The topological polar surface area (TPSA) is 24.7 Å². The Labute approximate surface area is 44.2 Å². The third-order valence-electron chi connectivity index (χ3n) is 0.517. The first-order valence-corrected chi connectivity index (χ1v) is 2.50. The summed E-state index contributed by atoms with van der Waals surface area (Å²) in [4.78, 5) is 0. The van der Waals surface area contributed by atoms with Crippen LogP contribution in [0.1, 0.15) is 6.42 Å². The minimum atomic E-state index is 0.889. The summed E-state index contributed by atoms with van der Waals surface area (Å²) in [7, 11) is 0. The Morgan fingerprint density at radius 1 is 1.83 bits per heavy atom. The fraction of sp³-hybridized carbons (Fsp3) is 0.333. The minimum absolute atomic E-state index is 0.889. The van der Waals surface area contributed by atoms with Gasteiger partial charge in [-0.05, 0) is 0 Å². The molecule has 2 nitrogen and oxygen atoms in total. The Kier molecular flexibility index (Phi) is 1.03. The quantitative estimate of drug-likeness (QED) is 0.428. The number of rotatable bonds is 0. The van der Waals surface area contributed by atoms with Crippen molar-refractivity contribution in [3.63, 3.8) is 0 Å². The zero-order valence-corrected chi connectivity index (χ0v) is 4.80. The van der Waals surface area contributed by atoms with Crippen LogP contribution in [0.2, 0.25) is 0 Å². The Morgan fingerprint density at radius 3 is 2.83 bits per heavy atom. The summed E-state index contributed by atoms with van der Waals surface area (Å²) in [6.07, 6.45) is 2.66. The Balaban J connectivity index is 2.61.